The summed E-state index contributed by atoms with van der Waals surface area (Å²) in [7, 11) is 0. The maximum atomic E-state index is 11.3. The minimum Gasteiger partial charge on any atom is -0.396 e. The van der Waals surface area contributed by atoms with E-state index >= 15 is 0 Å². The van der Waals surface area contributed by atoms with Crippen LogP contribution < -0.4 is 0 Å². The molecule has 2 N–H and O–H groups in total. The number of ketones is 1. The molecule has 3 heteroatoms. The smallest absolute Gasteiger partial charge is 0.135 e. The van der Waals surface area contributed by atoms with Gasteiger partial charge in [-0.3, -0.25) is 4.79 Å². The number of hydrogen-bond donors (Lipinski definition) is 2. The first kappa shape index (κ1) is 10.1. The Hall–Kier alpha value is -0.410. The number of aliphatic hydroxyl groups is 2. The van der Waals surface area contributed by atoms with E-state index in [9.17, 15) is 15.0 Å². The zero-order chi connectivity index (χ0) is 10.4. The van der Waals surface area contributed by atoms with Crippen LogP contribution >= 0.6 is 0 Å². The Labute approximate surface area is 84.1 Å². The summed E-state index contributed by atoms with van der Waals surface area (Å²) in [5.41, 5.74) is -1.08. The van der Waals surface area contributed by atoms with Gasteiger partial charge in [0, 0.05) is 24.9 Å². The van der Waals surface area contributed by atoms with E-state index in [1.807, 2.05) is 6.92 Å². The average Bonchev–Trinajstić information content (AvgIpc) is 2.38. The molecule has 0 aliphatic heterocycles. The van der Waals surface area contributed by atoms with Gasteiger partial charge in [-0.25, -0.2) is 0 Å². The Kier molecular flexibility index (Phi) is 2.20. The molecule has 0 spiro atoms. The summed E-state index contributed by atoms with van der Waals surface area (Å²) in [4.78, 5) is 11.3. The molecule has 14 heavy (non-hydrogen) atoms. The average molecular weight is 198 g/mol. The van der Waals surface area contributed by atoms with Crippen LogP contribution in [-0.2, 0) is 4.79 Å². The van der Waals surface area contributed by atoms with E-state index in [0.29, 0.717) is 19.3 Å². The van der Waals surface area contributed by atoms with Crippen molar-refractivity contribution in [1.82, 2.24) is 0 Å². The van der Waals surface area contributed by atoms with Crippen molar-refractivity contribution in [2.24, 2.45) is 11.3 Å². The van der Waals surface area contributed by atoms with Crippen LogP contribution in [0.2, 0.25) is 0 Å². The number of Topliss-reactive ketones (excluding diaryl/α,β-unsaturated/α-hetero) is 1. The first-order valence-electron chi connectivity index (χ1n) is 5.37. The Balaban J connectivity index is 2.29. The Morgan fingerprint density at radius 2 is 2.21 bits per heavy atom. The van der Waals surface area contributed by atoms with Crippen molar-refractivity contribution in [3.63, 3.8) is 0 Å². The van der Waals surface area contributed by atoms with Gasteiger partial charge in [-0.05, 0) is 25.2 Å². The molecular weight excluding hydrogens is 180 g/mol. The molecule has 2 aliphatic rings. The van der Waals surface area contributed by atoms with E-state index in [0.717, 1.165) is 12.8 Å². The number of rotatable bonds is 1. The molecule has 0 heterocycles. The first-order valence-corrected chi connectivity index (χ1v) is 5.37. The number of hydrogen-bond acceptors (Lipinski definition) is 3. The summed E-state index contributed by atoms with van der Waals surface area (Å²) >= 11 is 0. The number of aliphatic hydroxyl groups excluding tert-OH is 1. The van der Waals surface area contributed by atoms with Crippen molar-refractivity contribution in [3.8, 4) is 0 Å². The van der Waals surface area contributed by atoms with E-state index in [1.165, 1.54) is 0 Å². The lowest BCUT2D eigenvalue weighted by molar-refractivity contribution is -0.144. The maximum absolute atomic E-state index is 11.3. The molecule has 2 rings (SSSR count). The van der Waals surface area contributed by atoms with Crippen molar-refractivity contribution in [2.75, 3.05) is 6.61 Å². The van der Waals surface area contributed by atoms with Crippen molar-refractivity contribution in [2.45, 2.75) is 44.6 Å². The van der Waals surface area contributed by atoms with Gasteiger partial charge in [-0.15, -0.1) is 0 Å². The van der Waals surface area contributed by atoms with Crippen molar-refractivity contribution >= 4 is 5.78 Å². The molecule has 0 aromatic carbocycles. The van der Waals surface area contributed by atoms with Gasteiger partial charge >= 0.3 is 0 Å². The molecule has 3 unspecified atom stereocenters. The fourth-order valence-corrected chi connectivity index (χ4v) is 3.23. The molecule has 80 valence electrons. The number of carbonyl (C=O) groups excluding carboxylic acids is 1. The summed E-state index contributed by atoms with van der Waals surface area (Å²) in [5, 5.41) is 19.7. The SMILES string of the molecule is CC12CCC(=O)CC1(O)CCC2CO. The standard InChI is InChI=1S/C11H18O3/c1-10-4-3-9(13)6-11(10,14)5-2-8(10)7-12/h8,12,14H,2-7H2,1H3. The lowest BCUT2D eigenvalue weighted by Crippen LogP contribution is -2.50. The Morgan fingerprint density at radius 1 is 1.50 bits per heavy atom. The monoisotopic (exact) mass is 198 g/mol. The zero-order valence-corrected chi connectivity index (χ0v) is 8.62. The first-order chi connectivity index (χ1) is 6.52. The van der Waals surface area contributed by atoms with Crippen LogP contribution in [0.4, 0.5) is 0 Å². The second-order valence-electron chi connectivity index (χ2n) is 5.08. The molecule has 2 saturated carbocycles. The molecule has 3 atom stereocenters. The molecule has 2 aliphatic carbocycles. The fraction of sp³-hybridized carbons (Fsp3) is 0.909. The van der Waals surface area contributed by atoms with Crippen LogP contribution in [0, 0.1) is 11.3 Å². The van der Waals surface area contributed by atoms with Crippen LogP contribution in [-0.4, -0.2) is 28.2 Å². The summed E-state index contributed by atoms with van der Waals surface area (Å²) in [5.74, 6) is 0.337. The van der Waals surface area contributed by atoms with Gasteiger partial charge in [0.15, 0.2) is 0 Å². The highest BCUT2D eigenvalue weighted by atomic mass is 16.3. The lowest BCUT2D eigenvalue weighted by Gasteiger charge is -2.45. The Morgan fingerprint density at radius 3 is 2.86 bits per heavy atom. The van der Waals surface area contributed by atoms with E-state index in [-0.39, 0.29) is 23.7 Å². The minimum atomic E-state index is -0.838. The van der Waals surface area contributed by atoms with Crippen molar-refractivity contribution in [1.29, 1.82) is 0 Å². The largest absolute Gasteiger partial charge is 0.396 e. The predicted molar refractivity (Wildman–Crippen MR) is 51.7 cm³/mol. The summed E-state index contributed by atoms with van der Waals surface area (Å²) < 4.78 is 0. The third kappa shape index (κ3) is 1.15. The molecule has 3 nitrogen and oxygen atoms in total. The van der Waals surface area contributed by atoms with Crippen LogP contribution in [0.5, 0.6) is 0 Å². The second kappa shape index (κ2) is 3.04. The maximum Gasteiger partial charge on any atom is 0.135 e. The number of fused-ring (bicyclic) bond motifs is 1. The molecule has 0 amide bonds. The van der Waals surface area contributed by atoms with E-state index in [2.05, 4.69) is 0 Å². The van der Waals surface area contributed by atoms with Gasteiger partial charge in [-0.2, -0.15) is 0 Å². The van der Waals surface area contributed by atoms with E-state index in [1.54, 1.807) is 0 Å². The molecule has 2 fully saturated rings. The Bertz CT molecular complexity index is 263. The lowest BCUT2D eigenvalue weighted by atomic mass is 9.62. The predicted octanol–water partition coefficient (Wildman–Crippen LogP) is 0.879. The van der Waals surface area contributed by atoms with Crippen molar-refractivity contribution < 1.29 is 15.0 Å². The second-order valence-corrected chi connectivity index (χ2v) is 5.08. The van der Waals surface area contributed by atoms with Crippen molar-refractivity contribution in [3.05, 3.63) is 0 Å². The van der Waals surface area contributed by atoms with Crippen LogP contribution in [0.15, 0.2) is 0 Å². The van der Waals surface area contributed by atoms with Gasteiger partial charge in [0.2, 0.25) is 0 Å². The summed E-state index contributed by atoms with van der Waals surface area (Å²) in [6.07, 6.45) is 3.10. The van der Waals surface area contributed by atoms with Gasteiger partial charge in [0.1, 0.15) is 5.78 Å². The molecule has 0 bridgehead atoms. The third-order valence-electron chi connectivity index (χ3n) is 4.50. The molecule has 0 saturated heterocycles. The minimum absolute atomic E-state index is 0.132. The highest BCUT2D eigenvalue weighted by Crippen LogP contribution is 2.56. The van der Waals surface area contributed by atoms with Crippen LogP contribution in [0.25, 0.3) is 0 Å². The number of carbonyl (C=O) groups is 1. The van der Waals surface area contributed by atoms with Gasteiger partial charge in [0.05, 0.1) is 5.60 Å². The van der Waals surface area contributed by atoms with Gasteiger partial charge < -0.3 is 10.2 Å². The van der Waals surface area contributed by atoms with E-state index < -0.39 is 5.60 Å². The van der Waals surface area contributed by atoms with Crippen LogP contribution in [0.3, 0.4) is 0 Å². The van der Waals surface area contributed by atoms with E-state index in [4.69, 9.17) is 0 Å². The molecule has 0 aromatic heterocycles. The highest BCUT2D eigenvalue weighted by Gasteiger charge is 2.58. The van der Waals surface area contributed by atoms with Crippen LogP contribution in [0.1, 0.15) is 39.0 Å². The quantitative estimate of drug-likeness (QED) is 0.657. The third-order valence-corrected chi connectivity index (χ3v) is 4.50. The normalized spacial score (nSPS) is 47.9. The fourth-order valence-electron chi connectivity index (χ4n) is 3.23. The molecule has 0 aromatic rings. The molecule has 0 radical (unpaired) electrons. The summed E-state index contributed by atoms with van der Waals surface area (Å²) in [6.45, 7) is 2.15. The summed E-state index contributed by atoms with van der Waals surface area (Å²) in [6, 6.07) is 0. The highest BCUT2D eigenvalue weighted by molar-refractivity contribution is 5.80. The topological polar surface area (TPSA) is 57.5 Å². The van der Waals surface area contributed by atoms with Gasteiger partial charge in [0.25, 0.3) is 0 Å². The molecular formula is C11H18O3. The van der Waals surface area contributed by atoms with Gasteiger partial charge in [-0.1, -0.05) is 6.92 Å². The zero-order valence-electron chi connectivity index (χ0n) is 8.62.